The highest BCUT2D eigenvalue weighted by Gasteiger charge is 2.34. The molecule has 4 nitrogen and oxygen atoms in total. The van der Waals surface area contributed by atoms with Crippen molar-refractivity contribution in [2.75, 3.05) is 19.8 Å². The molecular formula is C17H26N2O2. The van der Waals surface area contributed by atoms with Gasteiger partial charge in [-0.15, -0.1) is 0 Å². The summed E-state index contributed by atoms with van der Waals surface area (Å²) < 4.78 is 5.51. The van der Waals surface area contributed by atoms with Gasteiger partial charge in [0.05, 0.1) is 0 Å². The molecule has 1 saturated heterocycles. The van der Waals surface area contributed by atoms with Crippen LogP contribution >= 0.6 is 0 Å². The van der Waals surface area contributed by atoms with Gasteiger partial charge in [-0.1, -0.05) is 37.3 Å². The molecular weight excluding hydrogens is 264 g/mol. The van der Waals surface area contributed by atoms with E-state index in [4.69, 9.17) is 4.74 Å². The smallest absolute Gasteiger partial charge is 0.315 e. The maximum absolute atomic E-state index is 12.0. The first-order chi connectivity index (χ1) is 10.2. The standard InChI is InChI=1S/C17H26N2O2/c1-3-14(2)19-16(20)18-13-17(9-11-21-12-10-17)15-7-5-4-6-8-15/h4-8,14H,3,9-13H2,1-2H3,(H2,18,19,20). The molecule has 0 aliphatic carbocycles. The molecule has 1 heterocycles. The molecule has 0 aromatic heterocycles. The summed E-state index contributed by atoms with van der Waals surface area (Å²) in [6.45, 7) is 6.24. The summed E-state index contributed by atoms with van der Waals surface area (Å²) in [6, 6.07) is 10.6. The molecule has 2 N–H and O–H groups in total. The van der Waals surface area contributed by atoms with Crippen LogP contribution in [0, 0.1) is 0 Å². The number of amides is 2. The Morgan fingerprint density at radius 3 is 2.57 bits per heavy atom. The molecule has 21 heavy (non-hydrogen) atoms. The van der Waals surface area contributed by atoms with E-state index in [-0.39, 0.29) is 17.5 Å². The molecule has 0 saturated carbocycles. The van der Waals surface area contributed by atoms with Gasteiger partial charge in [0, 0.05) is 31.2 Å². The number of hydrogen-bond donors (Lipinski definition) is 2. The Morgan fingerprint density at radius 1 is 1.29 bits per heavy atom. The second-order valence-electron chi connectivity index (χ2n) is 5.90. The van der Waals surface area contributed by atoms with E-state index in [0.717, 1.165) is 32.5 Å². The Morgan fingerprint density at radius 2 is 1.95 bits per heavy atom. The van der Waals surface area contributed by atoms with Gasteiger partial charge < -0.3 is 15.4 Å². The number of ether oxygens (including phenoxy) is 1. The van der Waals surface area contributed by atoms with Gasteiger partial charge in [-0.05, 0) is 31.7 Å². The average Bonchev–Trinajstić information content (AvgIpc) is 2.54. The van der Waals surface area contributed by atoms with E-state index >= 15 is 0 Å². The minimum Gasteiger partial charge on any atom is -0.381 e. The Labute approximate surface area is 127 Å². The zero-order valence-electron chi connectivity index (χ0n) is 13.0. The first kappa shape index (κ1) is 15.8. The van der Waals surface area contributed by atoms with Crippen molar-refractivity contribution in [3.8, 4) is 0 Å². The number of benzene rings is 1. The van der Waals surface area contributed by atoms with Gasteiger partial charge in [0.1, 0.15) is 0 Å². The van der Waals surface area contributed by atoms with Crippen molar-refractivity contribution in [3.05, 3.63) is 35.9 Å². The Kier molecular flexibility index (Phi) is 5.62. The highest BCUT2D eigenvalue weighted by molar-refractivity contribution is 5.74. The third-order valence-electron chi connectivity index (χ3n) is 4.41. The van der Waals surface area contributed by atoms with Crippen molar-refractivity contribution >= 4 is 6.03 Å². The minimum absolute atomic E-state index is 0.00764. The number of urea groups is 1. The molecule has 1 unspecified atom stereocenters. The highest BCUT2D eigenvalue weighted by Crippen LogP contribution is 2.34. The van der Waals surface area contributed by atoms with E-state index in [9.17, 15) is 4.79 Å². The van der Waals surface area contributed by atoms with E-state index < -0.39 is 0 Å². The van der Waals surface area contributed by atoms with Crippen molar-refractivity contribution in [2.24, 2.45) is 0 Å². The number of nitrogens with one attached hydrogen (secondary N) is 2. The fraction of sp³-hybridized carbons (Fsp3) is 0.588. The molecule has 1 aliphatic rings. The molecule has 1 fully saturated rings. The average molecular weight is 290 g/mol. The lowest BCUT2D eigenvalue weighted by Gasteiger charge is -2.38. The highest BCUT2D eigenvalue weighted by atomic mass is 16.5. The van der Waals surface area contributed by atoms with Crippen LogP contribution in [0.2, 0.25) is 0 Å². The summed E-state index contributed by atoms with van der Waals surface area (Å²) in [6.07, 6.45) is 2.83. The molecule has 0 bridgehead atoms. The van der Waals surface area contributed by atoms with E-state index in [2.05, 4.69) is 41.8 Å². The summed E-state index contributed by atoms with van der Waals surface area (Å²) in [5, 5.41) is 6.01. The molecule has 2 amide bonds. The van der Waals surface area contributed by atoms with Crippen LogP contribution in [0.15, 0.2) is 30.3 Å². The zero-order chi connectivity index (χ0) is 15.1. The van der Waals surface area contributed by atoms with Gasteiger partial charge in [-0.3, -0.25) is 0 Å². The fourth-order valence-corrected chi connectivity index (χ4v) is 2.75. The van der Waals surface area contributed by atoms with Gasteiger partial charge in [0.25, 0.3) is 0 Å². The monoisotopic (exact) mass is 290 g/mol. The van der Waals surface area contributed by atoms with Gasteiger partial charge >= 0.3 is 6.03 Å². The number of rotatable bonds is 5. The Hall–Kier alpha value is -1.55. The van der Waals surface area contributed by atoms with Crippen molar-refractivity contribution in [3.63, 3.8) is 0 Å². The molecule has 116 valence electrons. The first-order valence-corrected chi connectivity index (χ1v) is 7.84. The van der Waals surface area contributed by atoms with Gasteiger partial charge in [-0.25, -0.2) is 4.79 Å². The molecule has 2 rings (SSSR count). The van der Waals surface area contributed by atoms with Crippen molar-refractivity contribution in [1.82, 2.24) is 10.6 Å². The third kappa shape index (κ3) is 4.21. The predicted octanol–water partition coefficient (Wildman–Crippen LogP) is 2.83. The molecule has 1 aromatic rings. The molecule has 1 aromatic carbocycles. The zero-order valence-corrected chi connectivity index (χ0v) is 13.0. The van der Waals surface area contributed by atoms with E-state index in [0.29, 0.717) is 6.54 Å². The van der Waals surface area contributed by atoms with Crippen LogP contribution in [0.5, 0.6) is 0 Å². The van der Waals surface area contributed by atoms with Crippen LogP contribution in [0.1, 0.15) is 38.7 Å². The summed E-state index contributed by atoms with van der Waals surface area (Å²) in [7, 11) is 0. The number of hydrogen-bond acceptors (Lipinski definition) is 2. The molecule has 1 aliphatic heterocycles. The number of carbonyl (C=O) groups excluding carboxylic acids is 1. The van der Waals surface area contributed by atoms with E-state index in [1.807, 2.05) is 13.0 Å². The molecule has 1 atom stereocenters. The van der Waals surface area contributed by atoms with Crippen molar-refractivity contribution in [2.45, 2.75) is 44.6 Å². The predicted molar refractivity (Wildman–Crippen MR) is 84.5 cm³/mol. The van der Waals surface area contributed by atoms with Crippen LogP contribution in [0.3, 0.4) is 0 Å². The lowest BCUT2D eigenvalue weighted by atomic mass is 9.74. The summed E-state index contributed by atoms with van der Waals surface area (Å²) in [5.41, 5.74) is 1.28. The Bertz CT molecular complexity index is 441. The lowest BCUT2D eigenvalue weighted by molar-refractivity contribution is 0.0506. The van der Waals surface area contributed by atoms with Crippen LogP contribution in [-0.4, -0.2) is 31.8 Å². The molecule has 0 spiro atoms. The van der Waals surface area contributed by atoms with Crippen LogP contribution in [0.4, 0.5) is 4.79 Å². The maximum atomic E-state index is 12.0. The van der Waals surface area contributed by atoms with Crippen molar-refractivity contribution in [1.29, 1.82) is 0 Å². The quantitative estimate of drug-likeness (QED) is 0.876. The minimum atomic E-state index is -0.0776. The lowest BCUT2D eigenvalue weighted by Crippen LogP contribution is -2.48. The number of carbonyl (C=O) groups is 1. The van der Waals surface area contributed by atoms with Crippen LogP contribution in [-0.2, 0) is 10.2 Å². The summed E-state index contributed by atoms with van der Waals surface area (Å²) in [5.74, 6) is 0. The normalized spacial score (nSPS) is 18.8. The molecule has 4 heteroatoms. The van der Waals surface area contributed by atoms with Crippen LogP contribution < -0.4 is 10.6 Å². The SMILES string of the molecule is CCC(C)NC(=O)NCC1(c2ccccc2)CCOCC1. The second kappa shape index (κ2) is 7.46. The van der Waals surface area contributed by atoms with E-state index in [1.165, 1.54) is 5.56 Å². The van der Waals surface area contributed by atoms with Crippen LogP contribution in [0.25, 0.3) is 0 Å². The van der Waals surface area contributed by atoms with Gasteiger partial charge in [-0.2, -0.15) is 0 Å². The van der Waals surface area contributed by atoms with Gasteiger partial charge in [0.2, 0.25) is 0 Å². The van der Waals surface area contributed by atoms with Crippen molar-refractivity contribution < 1.29 is 9.53 Å². The molecule has 0 radical (unpaired) electrons. The Balaban J connectivity index is 2.02. The maximum Gasteiger partial charge on any atom is 0.315 e. The topological polar surface area (TPSA) is 50.4 Å². The third-order valence-corrected chi connectivity index (χ3v) is 4.41. The first-order valence-electron chi connectivity index (χ1n) is 7.84. The fourth-order valence-electron chi connectivity index (χ4n) is 2.75. The largest absolute Gasteiger partial charge is 0.381 e. The summed E-state index contributed by atoms with van der Waals surface area (Å²) >= 11 is 0. The van der Waals surface area contributed by atoms with Gasteiger partial charge in [0.15, 0.2) is 0 Å². The van der Waals surface area contributed by atoms with E-state index in [1.54, 1.807) is 0 Å². The second-order valence-corrected chi connectivity index (χ2v) is 5.90. The summed E-state index contributed by atoms with van der Waals surface area (Å²) in [4.78, 5) is 12.0.